The summed E-state index contributed by atoms with van der Waals surface area (Å²) in [5, 5.41) is 0.442. The molecule has 0 aliphatic carbocycles. The lowest BCUT2D eigenvalue weighted by Gasteiger charge is -2.38. The van der Waals surface area contributed by atoms with Crippen molar-refractivity contribution in [3.8, 4) is 5.75 Å². The van der Waals surface area contributed by atoms with E-state index in [-0.39, 0.29) is 0 Å². The number of benzene rings is 1. The Balaban J connectivity index is 2.47. The van der Waals surface area contributed by atoms with E-state index in [0.717, 1.165) is 0 Å². The lowest BCUT2D eigenvalue weighted by molar-refractivity contribution is -0.136. The Labute approximate surface area is 144 Å². The minimum atomic E-state index is -1.83. The van der Waals surface area contributed by atoms with Crippen molar-refractivity contribution in [2.24, 2.45) is 0 Å². The van der Waals surface area contributed by atoms with Gasteiger partial charge in [-0.1, -0.05) is 81.2 Å². The molecule has 1 aromatic carbocycles. The minimum Gasteiger partial charge on any atom is -0.460 e. The predicted octanol–water partition coefficient (Wildman–Crippen LogP) is 5.86. The number of ether oxygens (including phenoxy) is 2. The normalized spacial score (nSPS) is 23.7. The molecular formula is C10H5Cl7O2. The molecule has 0 spiro atoms. The molecule has 0 fully saturated rings. The molecule has 0 saturated heterocycles. The van der Waals surface area contributed by atoms with Gasteiger partial charge in [0.05, 0.1) is 0 Å². The fraction of sp³-hybridized carbons (Fsp3) is 0.400. The van der Waals surface area contributed by atoms with E-state index in [0.29, 0.717) is 16.3 Å². The Hall–Kier alpha value is 1.01. The molecule has 1 aliphatic heterocycles. The van der Waals surface area contributed by atoms with Gasteiger partial charge in [0.25, 0.3) is 3.79 Å². The van der Waals surface area contributed by atoms with E-state index in [2.05, 4.69) is 0 Å². The van der Waals surface area contributed by atoms with Crippen LogP contribution in [-0.2, 0) is 4.74 Å². The molecule has 19 heavy (non-hydrogen) atoms. The van der Waals surface area contributed by atoms with Crippen molar-refractivity contribution < 1.29 is 9.47 Å². The van der Waals surface area contributed by atoms with Crippen molar-refractivity contribution in [3.63, 3.8) is 0 Å². The van der Waals surface area contributed by atoms with Crippen LogP contribution in [0.2, 0.25) is 5.02 Å². The monoisotopic (exact) mass is 402 g/mol. The van der Waals surface area contributed by atoms with Crippen molar-refractivity contribution in [1.29, 1.82) is 0 Å². The van der Waals surface area contributed by atoms with Crippen LogP contribution >= 0.6 is 81.2 Å². The molecule has 2 nitrogen and oxygen atoms in total. The van der Waals surface area contributed by atoms with Crippen molar-refractivity contribution >= 4 is 81.2 Å². The first-order chi connectivity index (χ1) is 8.59. The summed E-state index contributed by atoms with van der Waals surface area (Å²) in [5.74, 6) is 0.378. The van der Waals surface area contributed by atoms with E-state index in [9.17, 15) is 0 Å². The number of halogens is 7. The van der Waals surface area contributed by atoms with Crippen molar-refractivity contribution in [3.05, 3.63) is 28.8 Å². The first kappa shape index (κ1) is 16.4. The minimum absolute atomic E-state index is 0.378. The second kappa shape index (κ2) is 5.66. The lowest BCUT2D eigenvalue weighted by Crippen LogP contribution is -2.42. The van der Waals surface area contributed by atoms with E-state index in [1.165, 1.54) is 0 Å². The Bertz CT molecular complexity index is 480. The molecule has 9 heteroatoms. The highest BCUT2D eigenvalue weighted by Crippen LogP contribution is 2.51. The van der Waals surface area contributed by atoms with Gasteiger partial charge in [-0.25, -0.2) is 0 Å². The molecule has 0 aromatic heterocycles. The van der Waals surface area contributed by atoms with Gasteiger partial charge in [-0.2, -0.15) is 0 Å². The number of hydrogen-bond acceptors (Lipinski definition) is 2. The van der Waals surface area contributed by atoms with Gasteiger partial charge >= 0.3 is 0 Å². The zero-order chi connectivity index (χ0) is 14.4. The van der Waals surface area contributed by atoms with Crippen LogP contribution in [0, 0.1) is 0 Å². The summed E-state index contributed by atoms with van der Waals surface area (Å²) in [6.45, 7) is 0. The van der Waals surface area contributed by atoms with Crippen LogP contribution < -0.4 is 4.74 Å². The second-order valence-electron chi connectivity index (χ2n) is 3.73. The molecule has 1 heterocycles. The number of rotatable bonds is 0. The molecule has 106 valence electrons. The third-order valence-electron chi connectivity index (χ3n) is 2.31. The maximum atomic E-state index is 5.90. The van der Waals surface area contributed by atoms with Gasteiger partial charge in [0.15, 0.2) is 0 Å². The van der Waals surface area contributed by atoms with Crippen LogP contribution in [-0.4, -0.2) is 13.9 Å². The van der Waals surface area contributed by atoms with E-state index in [1.54, 1.807) is 18.2 Å². The van der Waals surface area contributed by atoms with Crippen molar-refractivity contribution in [1.82, 2.24) is 0 Å². The molecule has 1 aliphatic rings. The van der Waals surface area contributed by atoms with Gasteiger partial charge in [-0.15, -0.1) is 0 Å². The average molecular weight is 405 g/mol. The van der Waals surface area contributed by atoms with Crippen LogP contribution in [0.3, 0.4) is 0 Å². The highest BCUT2D eigenvalue weighted by atomic mass is 35.6. The van der Waals surface area contributed by atoms with Crippen LogP contribution in [0.4, 0.5) is 0 Å². The number of hydrogen-bond donors (Lipinski definition) is 0. The van der Waals surface area contributed by atoms with Gasteiger partial charge in [0, 0.05) is 10.6 Å². The summed E-state index contributed by atoms with van der Waals surface area (Å²) in [5.41, 5.74) is 0.470. The van der Waals surface area contributed by atoms with Crippen LogP contribution in [0.25, 0.3) is 0 Å². The predicted molar refractivity (Wildman–Crippen MR) is 80.3 cm³/mol. The molecule has 0 radical (unpaired) electrons. The standard InChI is InChI=1S/C10H5Cl7O2/c11-4-1-2-6-5(3-4)7(9(12,13)14)19-8(18-6)10(15,16)17/h1-3,7-8H. The summed E-state index contributed by atoms with van der Waals surface area (Å²) in [6, 6.07) is 4.77. The Kier molecular flexibility index (Phi) is 4.88. The summed E-state index contributed by atoms with van der Waals surface area (Å²) < 4.78 is 7.25. The zero-order valence-corrected chi connectivity index (χ0v) is 14.1. The molecule has 0 saturated carbocycles. The average Bonchev–Trinajstić information content (AvgIpc) is 2.24. The van der Waals surface area contributed by atoms with E-state index >= 15 is 0 Å². The second-order valence-corrected chi connectivity index (χ2v) is 8.91. The molecule has 0 bridgehead atoms. The summed E-state index contributed by atoms with van der Waals surface area (Å²) in [4.78, 5) is 0. The highest BCUT2D eigenvalue weighted by molar-refractivity contribution is 6.68. The van der Waals surface area contributed by atoms with E-state index in [4.69, 9.17) is 90.7 Å². The molecule has 2 atom stereocenters. The highest BCUT2D eigenvalue weighted by Gasteiger charge is 2.48. The van der Waals surface area contributed by atoms with Crippen LogP contribution in [0.5, 0.6) is 5.75 Å². The SMILES string of the molecule is Clc1ccc2c(c1)C(C(Cl)(Cl)Cl)OC(C(Cl)(Cl)Cl)O2. The van der Waals surface area contributed by atoms with Crippen LogP contribution in [0.15, 0.2) is 18.2 Å². The molecular weight excluding hydrogens is 400 g/mol. The number of fused-ring (bicyclic) bond motifs is 1. The zero-order valence-electron chi connectivity index (χ0n) is 8.85. The van der Waals surface area contributed by atoms with Gasteiger partial charge in [0.1, 0.15) is 11.9 Å². The lowest BCUT2D eigenvalue weighted by atomic mass is 10.1. The van der Waals surface area contributed by atoms with Crippen molar-refractivity contribution in [2.45, 2.75) is 20.0 Å². The Morgan fingerprint density at radius 2 is 1.58 bits per heavy atom. The van der Waals surface area contributed by atoms with Gasteiger partial charge in [-0.3, -0.25) is 0 Å². The van der Waals surface area contributed by atoms with Crippen LogP contribution in [0.1, 0.15) is 11.7 Å². The summed E-state index contributed by atoms with van der Waals surface area (Å²) in [6.07, 6.45) is -2.17. The fourth-order valence-corrected chi connectivity index (χ4v) is 2.54. The molecule has 1 aromatic rings. The maximum absolute atomic E-state index is 5.90. The van der Waals surface area contributed by atoms with Gasteiger partial charge in [-0.05, 0) is 18.2 Å². The van der Waals surface area contributed by atoms with Crippen molar-refractivity contribution in [2.75, 3.05) is 0 Å². The summed E-state index contributed by atoms with van der Waals surface area (Å²) >= 11 is 40.8. The quantitative estimate of drug-likeness (QED) is 0.504. The van der Waals surface area contributed by atoms with Gasteiger partial charge in [0.2, 0.25) is 10.1 Å². The van der Waals surface area contributed by atoms with Gasteiger partial charge < -0.3 is 9.47 Å². The smallest absolute Gasteiger partial charge is 0.252 e. The maximum Gasteiger partial charge on any atom is 0.252 e. The molecule has 0 N–H and O–H groups in total. The molecule has 2 rings (SSSR count). The Morgan fingerprint density at radius 3 is 2.11 bits per heavy atom. The molecule has 0 amide bonds. The summed E-state index contributed by atoms with van der Waals surface area (Å²) in [7, 11) is 0. The number of alkyl halides is 6. The third kappa shape index (κ3) is 3.81. The molecule has 2 unspecified atom stereocenters. The largest absolute Gasteiger partial charge is 0.460 e. The van der Waals surface area contributed by atoms with E-state index in [1.807, 2.05) is 0 Å². The fourth-order valence-electron chi connectivity index (χ4n) is 1.57. The first-order valence-electron chi connectivity index (χ1n) is 4.84. The van der Waals surface area contributed by atoms with E-state index < -0.39 is 20.0 Å². The third-order valence-corrected chi connectivity index (χ3v) is 3.68. The first-order valence-corrected chi connectivity index (χ1v) is 7.48. The topological polar surface area (TPSA) is 18.5 Å². The Morgan fingerprint density at radius 1 is 0.947 bits per heavy atom.